The van der Waals surface area contributed by atoms with Crippen molar-refractivity contribution < 1.29 is 27.5 Å². The average Bonchev–Trinajstić information content (AvgIpc) is 3.08. The number of imide groups is 1. The third-order valence-electron chi connectivity index (χ3n) is 6.31. The van der Waals surface area contributed by atoms with Crippen LogP contribution >= 0.6 is 0 Å². The molecule has 1 aromatic carbocycles. The monoisotopic (exact) mass is 461 g/mol. The minimum Gasteiger partial charge on any atom is -0.379 e. The third kappa shape index (κ3) is 4.22. The van der Waals surface area contributed by atoms with Gasteiger partial charge in [-0.2, -0.15) is 4.31 Å². The second-order valence-corrected chi connectivity index (χ2v) is 10.2. The van der Waals surface area contributed by atoms with Gasteiger partial charge < -0.3 is 10.1 Å². The maximum absolute atomic E-state index is 12.7. The zero-order valence-electron chi connectivity index (χ0n) is 17.9. The lowest BCUT2D eigenvalue weighted by Gasteiger charge is -2.26. The molecule has 0 aromatic heterocycles. The van der Waals surface area contributed by atoms with E-state index in [0.717, 1.165) is 4.90 Å². The highest BCUT2D eigenvalue weighted by molar-refractivity contribution is 7.89. The standard InChI is InChI=1S/C22H27N3O6S/c1-15(25-21(27)18-4-2-3-5-19(18)22(25)28)20(26)23-14-16-6-8-17(9-7-16)32(29,30)24-10-12-31-13-11-24/h2-3,6-9,15,18-19H,4-5,10-14H2,1H3,(H,23,26)/t15-,18-,19+/m1/s1. The summed E-state index contributed by atoms with van der Waals surface area (Å²) in [5, 5.41) is 2.74. The summed E-state index contributed by atoms with van der Waals surface area (Å²) < 4.78 is 32.0. The number of likely N-dealkylation sites (tertiary alicyclic amines) is 1. The minimum atomic E-state index is -3.58. The van der Waals surface area contributed by atoms with Crippen LogP contribution in [0.25, 0.3) is 0 Å². The third-order valence-corrected chi connectivity index (χ3v) is 8.22. The van der Waals surface area contributed by atoms with Crippen molar-refractivity contribution in [3.63, 3.8) is 0 Å². The van der Waals surface area contributed by atoms with E-state index in [1.54, 1.807) is 19.1 Å². The quantitative estimate of drug-likeness (QED) is 0.492. The number of carbonyl (C=O) groups excluding carboxylic acids is 3. The number of nitrogens with one attached hydrogen (secondary N) is 1. The van der Waals surface area contributed by atoms with Crippen LogP contribution in [-0.4, -0.2) is 67.7 Å². The number of carbonyl (C=O) groups is 3. The molecule has 1 aromatic rings. The van der Waals surface area contributed by atoms with Gasteiger partial charge in [-0.25, -0.2) is 8.42 Å². The van der Waals surface area contributed by atoms with Gasteiger partial charge in [-0.15, -0.1) is 0 Å². The summed E-state index contributed by atoms with van der Waals surface area (Å²) in [6.45, 7) is 3.11. The number of hydrogen-bond donors (Lipinski definition) is 1. The summed E-state index contributed by atoms with van der Waals surface area (Å²) in [6, 6.07) is 5.42. The van der Waals surface area contributed by atoms with E-state index < -0.39 is 22.0 Å². The molecular formula is C22H27N3O6S. The summed E-state index contributed by atoms with van der Waals surface area (Å²) in [5.41, 5.74) is 0.712. The van der Waals surface area contributed by atoms with Crippen LogP contribution in [0.15, 0.2) is 41.3 Å². The van der Waals surface area contributed by atoms with Crippen molar-refractivity contribution in [1.29, 1.82) is 0 Å². The van der Waals surface area contributed by atoms with E-state index in [4.69, 9.17) is 4.74 Å². The number of nitrogens with zero attached hydrogens (tertiary/aromatic N) is 2. The van der Waals surface area contributed by atoms with Gasteiger partial charge in [0.2, 0.25) is 27.7 Å². The predicted octanol–water partition coefficient (Wildman–Crippen LogP) is 0.663. The Labute approximate surface area is 187 Å². The fraction of sp³-hybridized carbons (Fsp3) is 0.500. The number of amides is 3. The number of hydrogen-bond acceptors (Lipinski definition) is 6. The van der Waals surface area contributed by atoms with Crippen molar-refractivity contribution in [3.8, 4) is 0 Å². The summed E-state index contributed by atoms with van der Waals surface area (Å²) in [7, 11) is -3.58. The molecule has 3 amide bonds. The Morgan fingerprint density at radius 1 is 1.06 bits per heavy atom. The van der Waals surface area contributed by atoms with Crippen molar-refractivity contribution in [1.82, 2.24) is 14.5 Å². The summed E-state index contributed by atoms with van der Waals surface area (Å²) in [4.78, 5) is 39.2. The van der Waals surface area contributed by atoms with Gasteiger partial charge in [-0.05, 0) is 37.5 Å². The molecule has 2 fully saturated rings. The Morgan fingerprint density at radius 3 is 2.19 bits per heavy atom. The molecule has 0 spiro atoms. The number of allylic oxidation sites excluding steroid dienone is 2. The first-order valence-corrected chi connectivity index (χ1v) is 12.2. The zero-order chi connectivity index (χ0) is 22.9. The molecule has 2 aliphatic heterocycles. The van der Waals surface area contributed by atoms with Gasteiger partial charge in [0, 0.05) is 19.6 Å². The van der Waals surface area contributed by atoms with Crippen LogP contribution in [0.4, 0.5) is 0 Å². The molecule has 4 rings (SSSR count). The Bertz CT molecular complexity index is 1000. The maximum Gasteiger partial charge on any atom is 0.243 e. The van der Waals surface area contributed by atoms with Crippen LogP contribution in [0.3, 0.4) is 0 Å². The van der Waals surface area contributed by atoms with E-state index in [9.17, 15) is 22.8 Å². The molecule has 0 radical (unpaired) electrons. The molecule has 0 saturated carbocycles. The number of ether oxygens (including phenoxy) is 1. The van der Waals surface area contributed by atoms with Gasteiger partial charge in [0.25, 0.3) is 0 Å². The molecule has 1 N–H and O–H groups in total. The number of fused-ring (bicyclic) bond motifs is 1. The van der Waals surface area contributed by atoms with Crippen molar-refractivity contribution >= 4 is 27.7 Å². The van der Waals surface area contributed by atoms with Gasteiger partial charge in [-0.3, -0.25) is 19.3 Å². The summed E-state index contributed by atoms with van der Waals surface area (Å²) >= 11 is 0. The molecule has 3 atom stereocenters. The predicted molar refractivity (Wildman–Crippen MR) is 115 cm³/mol. The second kappa shape index (κ2) is 9.13. The maximum atomic E-state index is 12.7. The lowest BCUT2D eigenvalue weighted by molar-refractivity contribution is -0.147. The fourth-order valence-corrected chi connectivity index (χ4v) is 5.79. The van der Waals surface area contributed by atoms with Crippen LogP contribution in [0.5, 0.6) is 0 Å². The van der Waals surface area contributed by atoms with E-state index in [1.807, 2.05) is 12.2 Å². The molecule has 9 nitrogen and oxygen atoms in total. The largest absolute Gasteiger partial charge is 0.379 e. The van der Waals surface area contributed by atoms with Crippen LogP contribution in [0.1, 0.15) is 25.3 Å². The topological polar surface area (TPSA) is 113 Å². The molecule has 0 unspecified atom stereocenters. The first kappa shape index (κ1) is 22.6. The van der Waals surface area contributed by atoms with Crippen molar-refractivity contribution in [2.45, 2.75) is 37.2 Å². The van der Waals surface area contributed by atoms with Gasteiger partial charge in [0.1, 0.15) is 6.04 Å². The minimum absolute atomic E-state index is 0.158. The van der Waals surface area contributed by atoms with Gasteiger partial charge in [-0.1, -0.05) is 24.3 Å². The first-order chi connectivity index (χ1) is 15.3. The van der Waals surface area contributed by atoms with E-state index in [0.29, 0.717) is 44.7 Å². The highest BCUT2D eigenvalue weighted by Crippen LogP contribution is 2.36. The molecular weight excluding hydrogens is 434 g/mol. The number of rotatable bonds is 6. The molecule has 0 bridgehead atoms. The molecule has 172 valence electrons. The SMILES string of the molecule is C[C@H](C(=O)NCc1ccc(S(=O)(=O)N2CCOCC2)cc1)N1C(=O)[C@H]2CC=CC[C@H]2C1=O. The lowest BCUT2D eigenvalue weighted by atomic mass is 9.85. The van der Waals surface area contributed by atoms with Crippen molar-refractivity contribution in [3.05, 3.63) is 42.0 Å². The fourth-order valence-electron chi connectivity index (χ4n) is 4.38. The summed E-state index contributed by atoms with van der Waals surface area (Å²) in [6.07, 6.45) is 4.87. The Kier molecular flexibility index (Phi) is 6.45. The van der Waals surface area contributed by atoms with E-state index >= 15 is 0 Å². The van der Waals surface area contributed by atoms with Crippen LogP contribution in [-0.2, 0) is 35.7 Å². The van der Waals surface area contributed by atoms with Crippen molar-refractivity contribution in [2.75, 3.05) is 26.3 Å². The Hall–Kier alpha value is -2.56. The highest BCUT2D eigenvalue weighted by atomic mass is 32.2. The molecule has 32 heavy (non-hydrogen) atoms. The average molecular weight is 462 g/mol. The zero-order valence-corrected chi connectivity index (χ0v) is 18.7. The highest BCUT2D eigenvalue weighted by Gasteiger charge is 2.50. The van der Waals surface area contributed by atoms with Gasteiger partial charge in [0.15, 0.2) is 0 Å². The normalized spacial score (nSPS) is 25.0. The van der Waals surface area contributed by atoms with Crippen LogP contribution < -0.4 is 5.32 Å². The number of sulfonamides is 1. The second-order valence-electron chi connectivity index (χ2n) is 8.26. The van der Waals surface area contributed by atoms with Crippen LogP contribution in [0, 0.1) is 11.8 Å². The Morgan fingerprint density at radius 2 is 1.62 bits per heavy atom. The Balaban J connectivity index is 1.36. The molecule has 2 saturated heterocycles. The van der Waals surface area contributed by atoms with Crippen molar-refractivity contribution in [2.24, 2.45) is 11.8 Å². The molecule has 2 heterocycles. The lowest BCUT2D eigenvalue weighted by Crippen LogP contribution is -2.48. The van der Waals surface area contributed by atoms with Gasteiger partial charge >= 0.3 is 0 Å². The molecule has 1 aliphatic carbocycles. The smallest absolute Gasteiger partial charge is 0.243 e. The molecule has 10 heteroatoms. The summed E-state index contributed by atoms with van der Waals surface area (Å²) in [5.74, 6) is -1.75. The van der Waals surface area contributed by atoms with Crippen LogP contribution in [0.2, 0.25) is 0 Å². The number of morpholine rings is 1. The first-order valence-electron chi connectivity index (χ1n) is 10.8. The number of benzene rings is 1. The van der Waals surface area contributed by atoms with Gasteiger partial charge in [0.05, 0.1) is 29.9 Å². The van der Waals surface area contributed by atoms with E-state index in [2.05, 4.69) is 5.32 Å². The van der Waals surface area contributed by atoms with E-state index in [1.165, 1.54) is 16.4 Å². The van der Waals surface area contributed by atoms with E-state index in [-0.39, 0.29) is 35.1 Å². The molecule has 3 aliphatic rings.